The Balaban J connectivity index is 1.74. The molecule has 0 aliphatic heterocycles. The van der Waals surface area contributed by atoms with E-state index in [4.69, 9.17) is 10.3 Å². The van der Waals surface area contributed by atoms with Crippen molar-refractivity contribution >= 4 is 0 Å². The molecule has 0 amide bonds. The van der Waals surface area contributed by atoms with Crippen LogP contribution in [-0.4, -0.2) is 31.7 Å². The average molecular weight is 276 g/mol. The van der Waals surface area contributed by atoms with Gasteiger partial charge >= 0.3 is 0 Å². The zero-order chi connectivity index (χ0) is 13.8. The van der Waals surface area contributed by atoms with Gasteiger partial charge in [0.05, 0.1) is 12.7 Å². The summed E-state index contributed by atoms with van der Waals surface area (Å²) in [5.74, 6) is 1.69. The van der Waals surface area contributed by atoms with Gasteiger partial charge in [0.15, 0.2) is 11.5 Å². The van der Waals surface area contributed by atoms with E-state index in [2.05, 4.69) is 20.5 Å². The van der Waals surface area contributed by atoms with Crippen LogP contribution in [0, 0.1) is 0 Å². The van der Waals surface area contributed by atoms with Crippen molar-refractivity contribution in [2.75, 3.05) is 6.54 Å². The van der Waals surface area contributed by atoms with E-state index in [-0.39, 0.29) is 0 Å². The predicted octanol–water partition coefficient (Wildman–Crippen LogP) is 1.72. The third-order valence-electron chi connectivity index (χ3n) is 3.78. The topological polar surface area (TPSA) is 95.7 Å². The second kappa shape index (κ2) is 6.13. The maximum Gasteiger partial charge on any atom is 0.280 e. The fourth-order valence-corrected chi connectivity index (χ4v) is 2.68. The van der Waals surface area contributed by atoms with E-state index in [0.717, 1.165) is 18.7 Å². The van der Waals surface area contributed by atoms with E-state index in [0.29, 0.717) is 30.6 Å². The molecule has 0 atom stereocenters. The van der Waals surface area contributed by atoms with Crippen LogP contribution >= 0.6 is 0 Å². The summed E-state index contributed by atoms with van der Waals surface area (Å²) in [5, 5.41) is 12.1. The van der Waals surface area contributed by atoms with Gasteiger partial charge < -0.3 is 10.3 Å². The van der Waals surface area contributed by atoms with E-state index in [1.807, 2.05) is 0 Å². The van der Waals surface area contributed by atoms with Gasteiger partial charge in [0.25, 0.3) is 5.89 Å². The standard InChI is InChI=1S/C13H20N6O/c14-7-8-19-9-11(16-18-19)13-15-12(17-20-13)10-5-3-1-2-4-6-10/h9-10H,1-8,14H2. The fraction of sp³-hybridized carbons (Fsp3) is 0.692. The molecule has 1 fully saturated rings. The molecule has 2 N–H and O–H groups in total. The highest BCUT2D eigenvalue weighted by atomic mass is 16.5. The Morgan fingerprint density at radius 2 is 2.05 bits per heavy atom. The van der Waals surface area contributed by atoms with Gasteiger partial charge in [0.2, 0.25) is 0 Å². The van der Waals surface area contributed by atoms with E-state index >= 15 is 0 Å². The van der Waals surface area contributed by atoms with Gasteiger partial charge in [-0.1, -0.05) is 36.1 Å². The van der Waals surface area contributed by atoms with E-state index in [1.165, 1.54) is 25.7 Å². The first-order valence-electron chi connectivity index (χ1n) is 7.31. The molecule has 20 heavy (non-hydrogen) atoms. The Kier molecular flexibility index (Phi) is 4.05. The van der Waals surface area contributed by atoms with Gasteiger partial charge in [-0.25, -0.2) is 0 Å². The highest BCUT2D eigenvalue weighted by molar-refractivity contribution is 5.43. The second-order valence-electron chi connectivity index (χ2n) is 5.30. The van der Waals surface area contributed by atoms with Crippen molar-refractivity contribution in [3.63, 3.8) is 0 Å². The number of rotatable bonds is 4. The smallest absolute Gasteiger partial charge is 0.280 e. The lowest BCUT2D eigenvalue weighted by Gasteiger charge is -2.07. The van der Waals surface area contributed by atoms with Crippen molar-refractivity contribution in [2.45, 2.75) is 51.0 Å². The Morgan fingerprint density at radius 3 is 2.80 bits per heavy atom. The van der Waals surface area contributed by atoms with E-state index in [1.54, 1.807) is 10.9 Å². The molecule has 1 aliphatic rings. The molecule has 0 aromatic carbocycles. The zero-order valence-corrected chi connectivity index (χ0v) is 11.5. The molecule has 7 nitrogen and oxygen atoms in total. The quantitative estimate of drug-likeness (QED) is 0.854. The lowest BCUT2D eigenvalue weighted by atomic mass is 10.00. The Morgan fingerprint density at radius 1 is 1.25 bits per heavy atom. The van der Waals surface area contributed by atoms with Crippen LogP contribution in [0.3, 0.4) is 0 Å². The van der Waals surface area contributed by atoms with Crippen molar-refractivity contribution in [3.05, 3.63) is 12.0 Å². The van der Waals surface area contributed by atoms with Crippen molar-refractivity contribution in [1.82, 2.24) is 25.1 Å². The summed E-state index contributed by atoms with van der Waals surface area (Å²) in [6.45, 7) is 1.16. The van der Waals surface area contributed by atoms with Crippen LogP contribution in [0.2, 0.25) is 0 Å². The Labute approximate surface area is 117 Å². The van der Waals surface area contributed by atoms with E-state index in [9.17, 15) is 0 Å². The fourth-order valence-electron chi connectivity index (χ4n) is 2.68. The summed E-state index contributed by atoms with van der Waals surface area (Å²) in [6.07, 6.45) is 9.22. The molecule has 0 spiro atoms. The maximum absolute atomic E-state index is 5.48. The maximum atomic E-state index is 5.48. The van der Waals surface area contributed by atoms with Gasteiger partial charge in [-0.15, -0.1) is 5.10 Å². The summed E-state index contributed by atoms with van der Waals surface area (Å²) < 4.78 is 7.01. The largest absolute Gasteiger partial charge is 0.332 e. The molecule has 0 saturated heterocycles. The minimum absolute atomic E-state index is 0.425. The molecule has 0 radical (unpaired) electrons. The third-order valence-corrected chi connectivity index (χ3v) is 3.78. The Bertz CT molecular complexity index is 541. The molecular formula is C13H20N6O. The van der Waals surface area contributed by atoms with Crippen molar-refractivity contribution in [3.8, 4) is 11.6 Å². The normalized spacial score (nSPS) is 17.2. The molecule has 108 valence electrons. The molecule has 7 heteroatoms. The molecular weight excluding hydrogens is 256 g/mol. The summed E-state index contributed by atoms with van der Waals surface area (Å²) in [4.78, 5) is 4.49. The minimum atomic E-state index is 0.425. The van der Waals surface area contributed by atoms with Crippen LogP contribution in [0.4, 0.5) is 0 Å². The number of hydrogen-bond acceptors (Lipinski definition) is 6. The van der Waals surface area contributed by atoms with Crippen LogP contribution in [-0.2, 0) is 6.54 Å². The van der Waals surface area contributed by atoms with Crippen LogP contribution in [0.5, 0.6) is 0 Å². The van der Waals surface area contributed by atoms with Crippen LogP contribution in [0.1, 0.15) is 50.3 Å². The van der Waals surface area contributed by atoms with Crippen LogP contribution in [0.15, 0.2) is 10.7 Å². The molecule has 0 unspecified atom stereocenters. The molecule has 1 saturated carbocycles. The van der Waals surface area contributed by atoms with Crippen molar-refractivity contribution in [1.29, 1.82) is 0 Å². The number of aromatic nitrogens is 5. The first-order chi connectivity index (χ1) is 9.86. The third kappa shape index (κ3) is 2.87. The SMILES string of the molecule is NCCn1cc(-c2nc(C3CCCCCC3)no2)nn1. The molecule has 2 heterocycles. The minimum Gasteiger partial charge on any atom is -0.332 e. The molecule has 2 aromatic rings. The molecule has 0 bridgehead atoms. The zero-order valence-electron chi connectivity index (χ0n) is 11.5. The first kappa shape index (κ1) is 13.2. The van der Waals surface area contributed by atoms with E-state index < -0.39 is 0 Å². The van der Waals surface area contributed by atoms with Crippen LogP contribution in [0.25, 0.3) is 11.6 Å². The number of nitrogens with two attached hydrogens (primary N) is 1. The van der Waals surface area contributed by atoms with Gasteiger partial charge in [-0.05, 0) is 12.8 Å². The lowest BCUT2D eigenvalue weighted by molar-refractivity contribution is 0.409. The number of nitrogens with zero attached hydrogens (tertiary/aromatic N) is 5. The highest BCUT2D eigenvalue weighted by Gasteiger charge is 2.21. The predicted molar refractivity (Wildman–Crippen MR) is 72.8 cm³/mol. The first-order valence-corrected chi connectivity index (χ1v) is 7.31. The molecule has 1 aliphatic carbocycles. The summed E-state index contributed by atoms with van der Waals surface area (Å²) in [7, 11) is 0. The molecule has 3 rings (SSSR count). The lowest BCUT2D eigenvalue weighted by Crippen LogP contribution is -2.10. The van der Waals surface area contributed by atoms with Gasteiger partial charge in [-0.3, -0.25) is 4.68 Å². The summed E-state index contributed by atoms with van der Waals surface area (Å²) in [6, 6.07) is 0. The van der Waals surface area contributed by atoms with Gasteiger partial charge in [-0.2, -0.15) is 4.98 Å². The monoisotopic (exact) mass is 276 g/mol. The van der Waals surface area contributed by atoms with Crippen molar-refractivity contribution in [2.24, 2.45) is 5.73 Å². The highest BCUT2D eigenvalue weighted by Crippen LogP contribution is 2.30. The number of hydrogen-bond donors (Lipinski definition) is 1. The second-order valence-corrected chi connectivity index (χ2v) is 5.30. The van der Waals surface area contributed by atoms with Crippen LogP contribution < -0.4 is 5.73 Å². The summed E-state index contributed by atoms with van der Waals surface area (Å²) in [5.41, 5.74) is 6.10. The van der Waals surface area contributed by atoms with Crippen molar-refractivity contribution < 1.29 is 4.52 Å². The Hall–Kier alpha value is -1.76. The summed E-state index contributed by atoms with van der Waals surface area (Å²) >= 11 is 0. The average Bonchev–Trinajstić information content (AvgIpc) is 3.03. The molecule has 2 aromatic heterocycles. The van der Waals surface area contributed by atoms with Gasteiger partial charge in [0.1, 0.15) is 0 Å². The van der Waals surface area contributed by atoms with Gasteiger partial charge in [0, 0.05) is 12.5 Å².